The van der Waals surface area contributed by atoms with Crippen LogP contribution in [0.25, 0.3) is 0 Å². The van der Waals surface area contributed by atoms with Crippen molar-refractivity contribution in [2.45, 2.75) is 12.8 Å². The first-order valence-electron chi connectivity index (χ1n) is 12.4. The summed E-state index contributed by atoms with van der Waals surface area (Å²) < 4.78 is 15.1. The number of hydrogen-bond donors (Lipinski definition) is 0. The Balaban J connectivity index is 0.000000222. The van der Waals surface area contributed by atoms with Gasteiger partial charge in [-0.15, -0.1) is 0 Å². The van der Waals surface area contributed by atoms with E-state index in [1.165, 1.54) is 0 Å². The van der Waals surface area contributed by atoms with E-state index in [1.54, 1.807) is 118 Å². The molecule has 0 fully saturated rings. The maximum Gasteiger partial charge on any atom is 0.170 e. The normalized spacial score (nSPS) is 9.97. The van der Waals surface area contributed by atoms with Gasteiger partial charge in [0, 0.05) is 22.3 Å². The zero-order valence-electron chi connectivity index (χ0n) is 22.6. The molecule has 0 spiro atoms. The van der Waals surface area contributed by atoms with Gasteiger partial charge in [0.05, 0.1) is 34.2 Å². The van der Waals surface area contributed by atoms with Crippen molar-refractivity contribution in [3.63, 3.8) is 0 Å². The van der Waals surface area contributed by atoms with Gasteiger partial charge in [-0.05, 0) is 72.8 Å². The largest absolute Gasteiger partial charge is 0.497 e. The van der Waals surface area contributed by atoms with Crippen molar-refractivity contribution >= 4 is 23.1 Å². The van der Waals surface area contributed by atoms with E-state index in [4.69, 9.17) is 14.2 Å². The Bertz CT molecular complexity index is 1370. The fraction of sp³-hybridized carbons (Fsp3) is 0.152. The molecule has 0 atom stereocenters. The van der Waals surface area contributed by atoms with E-state index in [-0.39, 0.29) is 36.0 Å². The molecule has 0 aliphatic heterocycles. The van der Waals surface area contributed by atoms with Gasteiger partial charge >= 0.3 is 0 Å². The van der Waals surface area contributed by atoms with Crippen LogP contribution in [0.4, 0.5) is 0 Å². The van der Waals surface area contributed by atoms with Gasteiger partial charge in [0.25, 0.3) is 0 Å². The Kier molecular flexibility index (Phi) is 10.9. The molecule has 4 aromatic carbocycles. The molecule has 0 bridgehead atoms. The van der Waals surface area contributed by atoms with Crippen LogP contribution in [-0.2, 0) is 0 Å². The highest BCUT2D eigenvalue weighted by atomic mass is 16.5. The molecule has 7 nitrogen and oxygen atoms in total. The number of methoxy groups -OCH3 is 3. The zero-order valence-corrected chi connectivity index (χ0v) is 22.6. The summed E-state index contributed by atoms with van der Waals surface area (Å²) in [5.74, 6) is 1.27. The lowest BCUT2D eigenvalue weighted by atomic mass is 10.0. The molecule has 0 amide bonds. The number of benzene rings is 4. The first-order chi connectivity index (χ1) is 19.3. The van der Waals surface area contributed by atoms with Gasteiger partial charge in [-0.3, -0.25) is 19.2 Å². The van der Waals surface area contributed by atoms with Crippen LogP contribution < -0.4 is 14.2 Å². The summed E-state index contributed by atoms with van der Waals surface area (Å²) in [5.41, 5.74) is 2.07. The van der Waals surface area contributed by atoms with Crippen molar-refractivity contribution in [1.82, 2.24) is 0 Å². The molecule has 0 unspecified atom stereocenters. The van der Waals surface area contributed by atoms with Gasteiger partial charge in [0.15, 0.2) is 23.1 Å². The number of carbonyl (C=O) groups excluding carboxylic acids is 4. The Morgan fingerprint density at radius 3 is 0.900 bits per heavy atom. The van der Waals surface area contributed by atoms with Gasteiger partial charge in [0.1, 0.15) is 17.2 Å². The maximum atomic E-state index is 12.1. The molecule has 0 heterocycles. The van der Waals surface area contributed by atoms with Crippen molar-refractivity contribution in [3.8, 4) is 17.2 Å². The third kappa shape index (κ3) is 8.49. The van der Waals surface area contributed by atoms with Crippen LogP contribution in [-0.4, -0.2) is 44.5 Å². The van der Waals surface area contributed by atoms with Crippen LogP contribution in [0.1, 0.15) is 54.3 Å². The second-order valence-electron chi connectivity index (χ2n) is 8.60. The standard InChI is InChI=1S/C17H16O4.C16H14O3/c1-20-14-7-3-12(4-8-14)16(18)11-17(19)13-5-9-15(21-2)10-6-13;1-19-14-9-7-13(8-10-14)16(18)11-15(17)12-5-3-2-4-6-12/h3-10H,11H2,1-2H3;2-10H,11H2,1H3. The van der Waals surface area contributed by atoms with E-state index in [9.17, 15) is 19.2 Å². The Hall–Kier alpha value is -5.04. The molecular weight excluding hydrogens is 508 g/mol. The predicted octanol–water partition coefficient (Wildman–Crippen LogP) is 6.31. The summed E-state index contributed by atoms with van der Waals surface area (Å²) in [6.07, 6.45) is -0.269. The fourth-order valence-electron chi connectivity index (χ4n) is 3.65. The average molecular weight is 539 g/mol. The Labute approximate surface area is 233 Å². The van der Waals surface area contributed by atoms with Crippen LogP contribution in [0, 0.1) is 0 Å². The van der Waals surface area contributed by atoms with Crippen LogP contribution in [0.5, 0.6) is 17.2 Å². The number of ether oxygens (including phenoxy) is 3. The molecule has 0 saturated heterocycles. The monoisotopic (exact) mass is 538 g/mol. The summed E-state index contributed by atoms with van der Waals surface area (Å²) in [6, 6.07) is 29.0. The van der Waals surface area contributed by atoms with Gasteiger partial charge in [-0.1, -0.05) is 30.3 Å². The lowest BCUT2D eigenvalue weighted by Crippen LogP contribution is -2.08. The lowest BCUT2D eigenvalue weighted by Gasteiger charge is -2.04. The minimum absolute atomic E-state index is 0.115. The quantitative estimate of drug-likeness (QED) is 0.163. The van der Waals surface area contributed by atoms with Crippen LogP contribution in [0.15, 0.2) is 103 Å². The first-order valence-corrected chi connectivity index (χ1v) is 12.4. The van der Waals surface area contributed by atoms with E-state index < -0.39 is 0 Å². The molecule has 204 valence electrons. The molecule has 0 aromatic heterocycles. The maximum absolute atomic E-state index is 12.1. The van der Waals surface area contributed by atoms with Crippen LogP contribution >= 0.6 is 0 Å². The molecule has 4 rings (SSSR count). The van der Waals surface area contributed by atoms with Gasteiger partial charge < -0.3 is 14.2 Å². The summed E-state index contributed by atoms with van der Waals surface area (Å²) in [4.78, 5) is 48.0. The van der Waals surface area contributed by atoms with Crippen molar-refractivity contribution < 1.29 is 33.4 Å². The SMILES string of the molecule is COc1ccc(C(=O)CC(=O)c2ccc(OC)cc2)cc1.COc1ccc(C(=O)CC(=O)c2ccccc2)cc1. The molecule has 0 saturated carbocycles. The highest BCUT2D eigenvalue weighted by molar-refractivity contribution is 6.14. The number of rotatable bonds is 11. The Morgan fingerprint density at radius 1 is 0.400 bits per heavy atom. The van der Waals surface area contributed by atoms with Gasteiger partial charge in [-0.2, -0.15) is 0 Å². The highest BCUT2D eigenvalue weighted by Crippen LogP contribution is 2.17. The minimum Gasteiger partial charge on any atom is -0.497 e. The molecule has 4 aromatic rings. The average Bonchev–Trinajstić information content (AvgIpc) is 3.01. The number of carbonyl (C=O) groups is 4. The molecule has 40 heavy (non-hydrogen) atoms. The molecular formula is C33H30O7. The van der Waals surface area contributed by atoms with E-state index in [0.717, 1.165) is 0 Å². The van der Waals surface area contributed by atoms with E-state index >= 15 is 0 Å². The predicted molar refractivity (Wildman–Crippen MR) is 152 cm³/mol. The number of hydrogen-bond acceptors (Lipinski definition) is 7. The van der Waals surface area contributed by atoms with Gasteiger partial charge in [-0.25, -0.2) is 0 Å². The second-order valence-corrected chi connectivity index (χ2v) is 8.60. The minimum atomic E-state index is -0.210. The summed E-state index contributed by atoms with van der Waals surface area (Å²) in [6.45, 7) is 0. The summed E-state index contributed by atoms with van der Waals surface area (Å²) in [7, 11) is 4.68. The number of Topliss-reactive ketones (excluding diaryl/α,β-unsaturated/α-hetero) is 4. The van der Waals surface area contributed by atoms with E-state index in [2.05, 4.69) is 0 Å². The topological polar surface area (TPSA) is 96.0 Å². The zero-order chi connectivity index (χ0) is 28.9. The molecule has 7 heteroatoms. The highest BCUT2D eigenvalue weighted by Gasteiger charge is 2.15. The Morgan fingerprint density at radius 2 is 0.650 bits per heavy atom. The second kappa shape index (κ2) is 14.8. The fourth-order valence-corrected chi connectivity index (χ4v) is 3.65. The van der Waals surface area contributed by atoms with E-state index in [1.807, 2.05) is 6.07 Å². The van der Waals surface area contributed by atoms with Gasteiger partial charge in [0.2, 0.25) is 0 Å². The third-order valence-corrected chi connectivity index (χ3v) is 5.97. The smallest absolute Gasteiger partial charge is 0.170 e. The molecule has 0 radical (unpaired) electrons. The van der Waals surface area contributed by atoms with Crippen molar-refractivity contribution in [2.75, 3.05) is 21.3 Å². The third-order valence-electron chi connectivity index (χ3n) is 5.97. The van der Waals surface area contributed by atoms with Crippen molar-refractivity contribution in [3.05, 3.63) is 125 Å². The van der Waals surface area contributed by atoms with Crippen molar-refractivity contribution in [1.29, 1.82) is 0 Å². The summed E-state index contributed by atoms with van der Waals surface area (Å²) >= 11 is 0. The molecule has 0 aliphatic carbocycles. The van der Waals surface area contributed by atoms with Crippen molar-refractivity contribution in [2.24, 2.45) is 0 Å². The van der Waals surface area contributed by atoms with E-state index in [0.29, 0.717) is 39.5 Å². The van der Waals surface area contributed by atoms with Crippen LogP contribution in [0.3, 0.4) is 0 Å². The first kappa shape index (κ1) is 29.5. The number of ketones is 4. The molecule has 0 aliphatic rings. The van der Waals surface area contributed by atoms with Crippen LogP contribution in [0.2, 0.25) is 0 Å². The molecule has 0 N–H and O–H groups in total. The summed E-state index contributed by atoms with van der Waals surface area (Å²) in [5, 5.41) is 0. The lowest BCUT2D eigenvalue weighted by molar-refractivity contribution is 0.0878.